The van der Waals surface area contributed by atoms with Gasteiger partial charge in [-0.3, -0.25) is 0 Å². The van der Waals surface area contributed by atoms with Crippen molar-refractivity contribution in [1.82, 2.24) is 0 Å². The van der Waals surface area contributed by atoms with E-state index in [-0.39, 0.29) is 0 Å². The molecule has 0 spiro atoms. The van der Waals surface area contributed by atoms with Crippen LogP contribution in [0, 0.1) is 20.8 Å². The van der Waals surface area contributed by atoms with E-state index in [1.54, 1.807) is 0 Å². The normalized spacial score (nSPS) is 10.4. The van der Waals surface area contributed by atoms with Crippen LogP contribution in [-0.2, 0) is 0 Å². The predicted molar refractivity (Wildman–Crippen MR) is 86.1 cm³/mol. The number of nitrogens with one attached hydrogen (secondary N) is 1. The van der Waals surface area contributed by atoms with Gasteiger partial charge in [0.2, 0.25) is 0 Å². The molecule has 0 aliphatic rings. The summed E-state index contributed by atoms with van der Waals surface area (Å²) in [6.07, 6.45) is 0. The van der Waals surface area contributed by atoms with Crippen LogP contribution in [0.25, 0.3) is 0 Å². The lowest BCUT2D eigenvalue weighted by Crippen LogP contribution is -2.12. The molecule has 0 amide bonds. The summed E-state index contributed by atoms with van der Waals surface area (Å²) in [7, 11) is 0. The minimum Gasteiger partial charge on any atom is -0.491 e. The summed E-state index contributed by atoms with van der Waals surface area (Å²) in [4.78, 5) is 0. The Hall–Kier alpha value is -1.67. The van der Waals surface area contributed by atoms with Crippen molar-refractivity contribution in [2.24, 2.45) is 0 Å². The molecule has 2 rings (SSSR count). The number of rotatable bonds is 5. The summed E-state index contributed by atoms with van der Waals surface area (Å²) in [5.41, 5.74) is 4.50. The quantitative estimate of drug-likeness (QED) is 0.802. The minimum atomic E-state index is 0.621. The fraction of sp³-hybridized carbons (Fsp3) is 0.294. The third-order valence-corrected chi connectivity index (χ3v) is 3.70. The molecule has 0 aliphatic carbocycles. The van der Waals surface area contributed by atoms with Crippen molar-refractivity contribution in [3.05, 3.63) is 58.1 Å². The largest absolute Gasteiger partial charge is 0.491 e. The molecule has 2 aromatic rings. The number of hydrogen-bond acceptors (Lipinski definition) is 2. The summed E-state index contributed by atoms with van der Waals surface area (Å²) >= 11 is 6.09. The number of halogens is 1. The zero-order chi connectivity index (χ0) is 14.5. The molecule has 1 N–H and O–H groups in total. The van der Waals surface area contributed by atoms with Gasteiger partial charge in [0.25, 0.3) is 0 Å². The van der Waals surface area contributed by atoms with Crippen LogP contribution >= 0.6 is 11.6 Å². The molecule has 106 valence electrons. The van der Waals surface area contributed by atoms with Gasteiger partial charge in [-0.15, -0.1) is 0 Å². The van der Waals surface area contributed by atoms with Crippen molar-refractivity contribution in [1.29, 1.82) is 0 Å². The molecule has 20 heavy (non-hydrogen) atoms. The maximum Gasteiger partial charge on any atom is 0.122 e. The third kappa shape index (κ3) is 3.67. The lowest BCUT2D eigenvalue weighted by atomic mass is 10.1. The van der Waals surface area contributed by atoms with E-state index < -0.39 is 0 Å². The number of aryl methyl sites for hydroxylation is 2. The Kier molecular flexibility index (Phi) is 4.91. The molecule has 2 aromatic carbocycles. The molecule has 0 bridgehead atoms. The van der Waals surface area contributed by atoms with E-state index in [1.165, 1.54) is 5.56 Å². The number of benzene rings is 2. The first-order valence-electron chi connectivity index (χ1n) is 6.77. The molecule has 0 aliphatic heterocycles. The zero-order valence-corrected chi connectivity index (χ0v) is 12.9. The van der Waals surface area contributed by atoms with Gasteiger partial charge in [0.05, 0.1) is 0 Å². The molecule has 0 fully saturated rings. The van der Waals surface area contributed by atoms with Crippen molar-refractivity contribution in [3.63, 3.8) is 0 Å². The van der Waals surface area contributed by atoms with E-state index in [2.05, 4.69) is 37.4 Å². The van der Waals surface area contributed by atoms with E-state index in [1.807, 2.05) is 25.1 Å². The highest BCUT2D eigenvalue weighted by Crippen LogP contribution is 2.23. The molecular formula is C17H20ClNO. The fourth-order valence-corrected chi connectivity index (χ4v) is 2.18. The number of hydrogen-bond donors (Lipinski definition) is 1. The standard InChI is InChI=1S/C17H20ClNO/c1-12-7-8-13(2)17(11-12)20-10-9-19-16-6-4-5-15(18)14(16)3/h4-8,11,19H,9-10H2,1-3H3. The van der Waals surface area contributed by atoms with E-state index in [0.29, 0.717) is 6.61 Å². The smallest absolute Gasteiger partial charge is 0.122 e. The van der Waals surface area contributed by atoms with Gasteiger partial charge in [0.15, 0.2) is 0 Å². The SMILES string of the molecule is Cc1ccc(C)c(OCCNc2cccc(Cl)c2C)c1. The van der Waals surface area contributed by atoms with Gasteiger partial charge in [0.1, 0.15) is 12.4 Å². The molecule has 2 nitrogen and oxygen atoms in total. The van der Waals surface area contributed by atoms with Crippen LogP contribution < -0.4 is 10.1 Å². The van der Waals surface area contributed by atoms with E-state index >= 15 is 0 Å². The zero-order valence-electron chi connectivity index (χ0n) is 12.2. The Bertz CT molecular complexity index is 592. The van der Waals surface area contributed by atoms with Gasteiger partial charge in [-0.1, -0.05) is 29.8 Å². The van der Waals surface area contributed by atoms with Gasteiger partial charge in [-0.05, 0) is 55.7 Å². The van der Waals surface area contributed by atoms with Crippen LogP contribution in [0.1, 0.15) is 16.7 Å². The van der Waals surface area contributed by atoms with Crippen LogP contribution in [-0.4, -0.2) is 13.2 Å². The second kappa shape index (κ2) is 6.67. The number of ether oxygens (including phenoxy) is 1. The predicted octanol–water partition coefficient (Wildman–Crippen LogP) is 4.76. The van der Waals surface area contributed by atoms with E-state index in [0.717, 1.165) is 34.1 Å². The van der Waals surface area contributed by atoms with Crippen molar-refractivity contribution in [2.75, 3.05) is 18.5 Å². The monoisotopic (exact) mass is 289 g/mol. The first-order chi connectivity index (χ1) is 9.58. The highest BCUT2D eigenvalue weighted by atomic mass is 35.5. The number of anilines is 1. The average molecular weight is 290 g/mol. The second-order valence-corrected chi connectivity index (χ2v) is 5.36. The van der Waals surface area contributed by atoms with Gasteiger partial charge in [-0.2, -0.15) is 0 Å². The molecular weight excluding hydrogens is 270 g/mol. The molecule has 0 aromatic heterocycles. The summed E-state index contributed by atoms with van der Waals surface area (Å²) in [5.74, 6) is 0.953. The maximum atomic E-state index is 6.09. The average Bonchev–Trinajstić information content (AvgIpc) is 2.43. The molecule has 0 radical (unpaired) electrons. The maximum absolute atomic E-state index is 6.09. The summed E-state index contributed by atoms with van der Waals surface area (Å²) in [6.45, 7) is 7.50. The topological polar surface area (TPSA) is 21.3 Å². The van der Waals surface area contributed by atoms with Crippen LogP contribution in [0.2, 0.25) is 5.02 Å². The Labute approximate surface area is 125 Å². The summed E-state index contributed by atoms with van der Waals surface area (Å²) in [5, 5.41) is 4.13. The van der Waals surface area contributed by atoms with Gasteiger partial charge < -0.3 is 10.1 Å². The Balaban J connectivity index is 1.88. The minimum absolute atomic E-state index is 0.621. The van der Waals surface area contributed by atoms with E-state index in [4.69, 9.17) is 16.3 Å². The highest BCUT2D eigenvalue weighted by molar-refractivity contribution is 6.31. The molecule has 3 heteroatoms. The van der Waals surface area contributed by atoms with E-state index in [9.17, 15) is 0 Å². The van der Waals surface area contributed by atoms with Crippen LogP contribution in [0.15, 0.2) is 36.4 Å². The Morgan fingerprint density at radius 1 is 1.10 bits per heavy atom. The molecule has 0 atom stereocenters. The Morgan fingerprint density at radius 3 is 2.70 bits per heavy atom. The van der Waals surface area contributed by atoms with Gasteiger partial charge in [0, 0.05) is 17.3 Å². The van der Waals surface area contributed by atoms with Crippen molar-refractivity contribution in [2.45, 2.75) is 20.8 Å². The van der Waals surface area contributed by atoms with Gasteiger partial charge >= 0.3 is 0 Å². The Morgan fingerprint density at radius 2 is 1.90 bits per heavy atom. The second-order valence-electron chi connectivity index (χ2n) is 4.96. The molecule has 0 heterocycles. The molecule has 0 unspecified atom stereocenters. The van der Waals surface area contributed by atoms with Gasteiger partial charge in [-0.25, -0.2) is 0 Å². The summed E-state index contributed by atoms with van der Waals surface area (Å²) < 4.78 is 5.81. The first-order valence-corrected chi connectivity index (χ1v) is 7.15. The van der Waals surface area contributed by atoms with Crippen LogP contribution in [0.3, 0.4) is 0 Å². The van der Waals surface area contributed by atoms with Crippen molar-refractivity contribution < 1.29 is 4.74 Å². The van der Waals surface area contributed by atoms with Crippen molar-refractivity contribution in [3.8, 4) is 5.75 Å². The summed E-state index contributed by atoms with van der Waals surface area (Å²) in [6, 6.07) is 12.1. The molecule has 0 saturated heterocycles. The first kappa shape index (κ1) is 14.7. The van der Waals surface area contributed by atoms with Crippen molar-refractivity contribution >= 4 is 17.3 Å². The molecule has 0 saturated carbocycles. The highest BCUT2D eigenvalue weighted by Gasteiger charge is 2.02. The third-order valence-electron chi connectivity index (χ3n) is 3.29. The van der Waals surface area contributed by atoms with Crippen LogP contribution in [0.5, 0.6) is 5.75 Å². The lowest BCUT2D eigenvalue weighted by molar-refractivity contribution is 0.330. The lowest BCUT2D eigenvalue weighted by Gasteiger charge is -2.13. The van der Waals surface area contributed by atoms with Crippen LogP contribution in [0.4, 0.5) is 5.69 Å². The fourth-order valence-electron chi connectivity index (χ4n) is 2.01.